The fourth-order valence-corrected chi connectivity index (χ4v) is 3.31. The zero-order valence-corrected chi connectivity index (χ0v) is 12.6. The molecule has 1 heterocycles. The molecule has 3 atom stereocenters. The second-order valence-electron chi connectivity index (χ2n) is 6.55. The normalized spacial score (nSPS) is 29.8. The summed E-state index contributed by atoms with van der Waals surface area (Å²) < 4.78 is 0. The Morgan fingerprint density at radius 1 is 1.11 bits per heavy atom. The van der Waals surface area contributed by atoms with Gasteiger partial charge in [0.05, 0.1) is 0 Å². The number of nitrogens with one attached hydrogen (secondary N) is 1. The molecule has 1 saturated carbocycles. The van der Waals surface area contributed by atoms with Crippen LogP contribution < -0.4 is 5.32 Å². The van der Waals surface area contributed by atoms with Crippen molar-refractivity contribution in [3.63, 3.8) is 0 Å². The first-order chi connectivity index (χ1) is 8.72. The van der Waals surface area contributed by atoms with Crippen molar-refractivity contribution >= 4 is 0 Å². The molecule has 3 unspecified atom stereocenters. The van der Waals surface area contributed by atoms with Crippen LogP contribution in [0.2, 0.25) is 0 Å². The Labute approximate surface area is 114 Å². The van der Waals surface area contributed by atoms with Gasteiger partial charge in [-0.2, -0.15) is 0 Å². The van der Waals surface area contributed by atoms with Crippen molar-refractivity contribution in [2.75, 3.05) is 13.1 Å². The molecule has 2 rings (SSSR count). The lowest BCUT2D eigenvalue weighted by molar-refractivity contribution is 0.106. The van der Waals surface area contributed by atoms with Crippen molar-refractivity contribution in [3.05, 3.63) is 0 Å². The standard InChI is InChI=1S/C16H32N2/c1-4-16-8-6-5-7-11-18(16)14(3)13(2)12-17-15-9-10-15/h13-17H,4-12H2,1-3H3. The third kappa shape index (κ3) is 3.96. The number of hydrogen-bond donors (Lipinski definition) is 1. The minimum absolute atomic E-state index is 0.735. The van der Waals surface area contributed by atoms with Crippen LogP contribution in [0.4, 0.5) is 0 Å². The van der Waals surface area contributed by atoms with Gasteiger partial charge in [-0.05, 0) is 58.0 Å². The minimum Gasteiger partial charge on any atom is -0.314 e. The van der Waals surface area contributed by atoms with Crippen LogP contribution in [0, 0.1) is 5.92 Å². The van der Waals surface area contributed by atoms with Crippen LogP contribution in [0.1, 0.15) is 65.7 Å². The van der Waals surface area contributed by atoms with Gasteiger partial charge in [0.2, 0.25) is 0 Å². The summed E-state index contributed by atoms with van der Waals surface area (Å²) in [6.45, 7) is 9.78. The molecule has 1 N–H and O–H groups in total. The smallest absolute Gasteiger partial charge is 0.0108 e. The molecule has 0 amide bonds. The fraction of sp³-hybridized carbons (Fsp3) is 1.00. The Morgan fingerprint density at radius 3 is 2.56 bits per heavy atom. The van der Waals surface area contributed by atoms with E-state index in [1.807, 2.05) is 0 Å². The molecular formula is C16H32N2. The third-order valence-electron chi connectivity index (χ3n) is 5.05. The Balaban J connectivity index is 1.84. The minimum atomic E-state index is 0.735. The molecule has 2 heteroatoms. The number of likely N-dealkylation sites (tertiary alicyclic amines) is 1. The van der Waals surface area contributed by atoms with Crippen molar-refractivity contribution in [1.29, 1.82) is 0 Å². The lowest BCUT2D eigenvalue weighted by Gasteiger charge is -2.38. The van der Waals surface area contributed by atoms with Crippen LogP contribution >= 0.6 is 0 Å². The molecule has 2 fully saturated rings. The second kappa shape index (κ2) is 6.91. The molecule has 18 heavy (non-hydrogen) atoms. The summed E-state index contributed by atoms with van der Waals surface area (Å²) in [7, 11) is 0. The summed E-state index contributed by atoms with van der Waals surface area (Å²) in [6, 6.07) is 2.43. The number of rotatable bonds is 6. The highest BCUT2D eigenvalue weighted by molar-refractivity contribution is 4.85. The van der Waals surface area contributed by atoms with Gasteiger partial charge in [-0.3, -0.25) is 4.90 Å². The number of hydrogen-bond acceptors (Lipinski definition) is 2. The Bertz CT molecular complexity index is 237. The maximum atomic E-state index is 3.70. The largest absolute Gasteiger partial charge is 0.314 e. The van der Waals surface area contributed by atoms with Gasteiger partial charge in [0.1, 0.15) is 0 Å². The highest BCUT2D eigenvalue weighted by atomic mass is 15.2. The summed E-state index contributed by atoms with van der Waals surface area (Å²) in [5.74, 6) is 0.776. The van der Waals surface area contributed by atoms with E-state index in [0.717, 1.165) is 24.0 Å². The molecule has 106 valence electrons. The van der Waals surface area contributed by atoms with E-state index in [0.29, 0.717) is 0 Å². The van der Waals surface area contributed by atoms with Crippen LogP contribution in [-0.2, 0) is 0 Å². The van der Waals surface area contributed by atoms with E-state index < -0.39 is 0 Å². The van der Waals surface area contributed by atoms with Crippen molar-refractivity contribution in [3.8, 4) is 0 Å². The summed E-state index contributed by atoms with van der Waals surface area (Å²) in [6.07, 6.45) is 9.84. The quantitative estimate of drug-likeness (QED) is 0.779. The van der Waals surface area contributed by atoms with Crippen molar-refractivity contribution < 1.29 is 0 Å². The maximum absolute atomic E-state index is 3.70. The Kier molecular flexibility index (Phi) is 5.50. The highest BCUT2D eigenvalue weighted by Crippen LogP contribution is 2.25. The summed E-state index contributed by atoms with van der Waals surface area (Å²) >= 11 is 0. The average Bonchev–Trinajstić information content (AvgIpc) is 3.20. The van der Waals surface area contributed by atoms with Crippen molar-refractivity contribution in [1.82, 2.24) is 10.2 Å². The molecule has 0 bridgehead atoms. The Morgan fingerprint density at radius 2 is 1.89 bits per heavy atom. The van der Waals surface area contributed by atoms with E-state index in [4.69, 9.17) is 0 Å². The predicted octanol–water partition coefficient (Wildman–Crippen LogP) is 3.42. The molecule has 2 aliphatic rings. The second-order valence-corrected chi connectivity index (χ2v) is 6.55. The van der Waals surface area contributed by atoms with E-state index in [-0.39, 0.29) is 0 Å². The first-order valence-corrected chi connectivity index (χ1v) is 8.21. The first kappa shape index (κ1) is 14.3. The molecule has 2 nitrogen and oxygen atoms in total. The van der Waals surface area contributed by atoms with Gasteiger partial charge in [-0.15, -0.1) is 0 Å². The molecule has 0 spiro atoms. The molecular weight excluding hydrogens is 220 g/mol. The van der Waals surface area contributed by atoms with Gasteiger partial charge in [-0.25, -0.2) is 0 Å². The average molecular weight is 252 g/mol. The van der Waals surface area contributed by atoms with Crippen LogP contribution in [-0.4, -0.2) is 36.1 Å². The zero-order valence-electron chi connectivity index (χ0n) is 12.6. The van der Waals surface area contributed by atoms with Gasteiger partial charge < -0.3 is 5.32 Å². The van der Waals surface area contributed by atoms with Crippen molar-refractivity contribution in [2.24, 2.45) is 5.92 Å². The van der Waals surface area contributed by atoms with Crippen LogP contribution in [0.3, 0.4) is 0 Å². The van der Waals surface area contributed by atoms with E-state index in [1.54, 1.807) is 0 Å². The van der Waals surface area contributed by atoms with E-state index in [9.17, 15) is 0 Å². The molecule has 0 aromatic carbocycles. The van der Waals surface area contributed by atoms with Crippen LogP contribution in [0.25, 0.3) is 0 Å². The topological polar surface area (TPSA) is 15.3 Å². The third-order valence-corrected chi connectivity index (χ3v) is 5.05. The molecule has 0 radical (unpaired) electrons. The fourth-order valence-electron chi connectivity index (χ4n) is 3.31. The molecule has 0 aromatic rings. The lowest BCUT2D eigenvalue weighted by Crippen LogP contribution is -2.46. The van der Waals surface area contributed by atoms with Gasteiger partial charge in [-0.1, -0.05) is 26.7 Å². The van der Waals surface area contributed by atoms with Crippen LogP contribution in [0.5, 0.6) is 0 Å². The first-order valence-electron chi connectivity index (χ1n) is 8.21. The van der Waals surface area contributed by atoms with E-state index in [1.165, 1.54) is 58.0 Å². The molecule has 0 aromatic heterocycles. The predicted molar refractivity (Wildman–Crippen MR) is 78.9 cm³/mol. The molecule has 1 saturated heterocycles. The van der Waals surface area contributed by atoms with Gasteiger partial charge in [0.15, 0.2) is 0 Å². The summed E-state index contributed by atoms with van der Waals surface area (Å²) in [4.78, 5) is 2.81. The van der Waals surface area contributed by atoms with Crippen LogP contribution in [0.15, 0.2) is 0 Å². The lowest BCUT2D eigenvalue weighted by atomic mass is 9.98. The molecule has 1 aliphatic heterocycles. The SMILES string of the molecule is CCC1CCCCCN1C(C)C(C)CNC1CC1. The van der Waals surface area contributed by atoms with E-state index in [2.05, 4.69) is 31.0 Å². The zero-order chi connectivity index (χ0) is 13.0. The molecule has 1 aliphatic carbocycles. The number of nitrogens with zero attached hydrogens (tertiary/aromatic N) is 1. The monoisotopic (exact) mass is 252 g/mol. The van der Waals surface area contributed by atoms with Gasteiger partial charge >= 0.3 is 0 Å². The summed E-state index contributed by atoms with van der Waals surface area (Å²) in [5, 5.41) is 3.70. The van der Waals surface area contributed by atoms with E-state index >= 15 is 0 Å². The van der Waals surface area contributed by atoms with Crippen molar-refractivity contribution in [2.45, 2.75) is 83.8 Å². The van der Waals surface area contributed by atoms with Gasteiger partial charge in [0, 0.05) is 18.1 Å². The summed E-state index contributed by atoms with van der Waals surface area (Å²) in [5.41, 5.74) is 0. The maximum Gasteiger partial charge on any atom is 0.0108 e. The van der Waals surface area contributed by atoms with Gasteiger partial charge in [0.25, 0.3) is 0 Å². The Hall–Kier alpha value is -0.0800. The highest BCUT2D eigenvalue weighted by Gasteiger charge is 2.28.